The zero-order valence-electron chi connectivity index (χ0n) is 20.2. The van der Waals surface area contributed by atoms with Crippen molar-refractivity contribution in [3.8, 4) is 0 Å². The van der Waals surface area contributed by atoms with Gasteiger partial charge in [-0.3, -0.25) is 4.79 Å². The van der Waals surface area contributed by atoms with Crippen LogP contribution in [0.15, 0.2) is 41.3 Å². The number of aryl methyl sites for hydroxylation is 2. The Kier molecular flexibility index (Phi) is 7.25. The molecule has 0 N–H and O–H groups in total. The molecule has 9 heteroatoms. The summed E-state index contributed by atoms with van der Waals surface area (Å²) in [5.74, 6) is -0.0704. The van der Waals surface area contributed by atoms with E-state index < -0.39 is 10.0 Å². The molecule has 3 aromatic rings. The number of carbonyl (C=O) groups is 1. The summed E-state index contributed by atoms with van der Waals surface area (Å²) in [6.45, 7) is 9.36. The molecule has 1 aromatic heterocycles. The third kappa shape index (κ3) is 4.82. The van der Waals surface area contributed by atoms with Crippen LogP contribution in [0.2, 0.25) is 0 Å². The molecule has 0 saturated carbocycles. The lowest BCUT2D eigenvalue weighted by Crippen LogP contribution is -2.48. The molecule has 1 saturated heterocycles. The number of sulfonamides is 1. The third-order valence-electron chi connectivity index (χ3n) is 6.40. The average molecular weight is 501 g/mol. The van der Waals surface area contributed by atoms with Crippen molar-refractivity contribution in [1.29, 1.82) is 0 Å². The van der Waals surface area contributed by atoms with E-state index in [1.807, 2.05) is 11.8 Å². The van der Waals surface area contributed by atoms with Crippen molar-refractivity contribution in [2.75, 3.05) is 44.7 Å². The van der Waals surface area contributed by atoms with E-state index in [4.69, 9.17) is 4.98 Å². The van der Waals surface area contributed by atoms with Crippen molar-refractivity contribution in [2.45, 2.75) is 38.5 Å². The molecule has 4 rings (SSSR count). The quantitative estimate of drug-likeness (QED) is 0.484. The Bertz CT molecular complexity index is 1240. The van der Waals surface area contributed by atoms with Gasteiger partial charge in [0.1, 0.15) is 0 Å². The van der Waals surface area contributed by atoms with Gasteiger partial charge in [-0.1, -0.05) is 36.8 Å². The predicted octanol–water partition coefficient (Wildman–Crippen LogP) is 4.30. The molecule has 0 spiro atoms. The Morgan fingerprint density at radius 3 is 2.29 bits per heavy atom. The number of fused-ring (bicyclic) bond motifs is 1. The number of nitrogens with zero attached hydrogens (tertiary/aromatic N) is 4. The van der Waals surface area contributed by atoms with Crippen molar-refractivity contribution in [2.24, 2.45) is 0 Å². The Hall–Kier alpha value is -2.49. The van der Waals surface area contributed by atoms with Gasteiger partial charge in [-0.15, -0.1) is 0 Å². The van der Waals surface area contributed by atoms with E-state index in [9.17, 15) is 13.2 Å². The molecular weight excluding hydrogens is 468 g/mol. The highest BCUT2D eigenvalue weighted by Gasteiger charge is 2.25. The summed E-state index contributed by atoms with van der Waals surface area (Å²) in [6, 6.07) is 10.6. The molecule has 2 heterocycles. The number of unbranched alkanes of at least 4 members (excludes halogenated alkanes) is 1. The largest absolute Gasteiger partial charge is 0.345 e. The molecule has 1 amide bonds. The summed E-state index contributed by atoms with van der Waals surface area (Å²) in [7, 11) is -1.94. The van der Waals surface area contributed by atoms with E-state index in [1.54, 1.807) is 30.5 Å². The van der Waals surface area contributed by atoms with Crippen LogP contribution in [0, 0.1) is 13.8 Å². The van der Waals surface area contributed by atoms with Gasteiger partial charge in [0.15, 0.2) is 5.13 Å². The number of amides is 1. The molecule has 0 aliphatic carbocycles. The molecule has 182 valence electrons. The highest BCUT2D eigenvalue weighted by Crippen LogP contribution is 2.33. The smallest absolute Gasteiger partial charge is 0.253 e. The van der Waals surface area contributed by atoms with Crippen molar-refractivity contribution in [3.63, 3.8) is 0 Å². The Morgan fingerprint density at radius 1 is 1.03 bits per heavy atom. The minimum atomic E-state index is -3.54. The molecule has 1 aliphatic rings. The van der Waals surface area contributed by atoms with Crippen molar-refractivity contribution < 1.29 is 13.2 Å². The molecule has 0 radical (unpaired) electrons. The second kappa shape index (κ2) is 10.0. The molecule has 34 heavy (non-hydrogen) atoms. The number of aromatic nitrogens is 1. The highest BCUT2D eigenvalue weighted by molar-refractivity contribution is 7.89. The molecule has 7 nitrogen and oxygen atoms in total. The summed E-state index contributed by atoms with van der Waals surface area (Å²) in [5, 5.41) is 1.00. The number of thiazole rings is 1. The van der Waals surface area contributed by atoms with Crippen LogP contribution >= 0.6 is 11.3 Å². The minimum Gasteiger partial charge on any atom is -0.345 e. The Morgan fingerprint density at radius 2 is 1.68 bits per heavy atom. The summed E-state index contributed by atoms with van der Waals surface area (Å²) < 4.78 is 28.0. The van der Waals surface area contributed by atoms with Crippen molar-refractivity contribution in [3.05, 3.63) is 53.1 Å². The van der Waals surface area contributed by atoms with E-state index in [1.165, 1.54) is 32.3 Å². The number of rotatable bonds is 7. The molecule has 2 aromatic carbocycles. The molecule has 0 bridgehead atoms. The second-order valence-electron chi connectivity index (χ2n) is 8.86. The second-order valence-corrected chi connectivity index (χ2v) is 11.9. The molecular formula is C25H32N4O3S2. The van der Waals surface area contributed by atoms with Crippen molar-refractivity contribution >= 4 is 42.6 Å². The van der Waals surface area contributed by atoms with E-state index in [0.29, 0.717) is 25.2 Å². The van der Waals surface area contributed by atoms with Gasteiger partial charge < -0.3 is 9.80 Å². The molecule has 1 fully saturated rings. The number of benzene rings is 2. The fraction of sp³-hybridized carbons (Fsp3) is 0.440. The first kappa shape index (κ1) is 24.6. The Balaban J connectivity index is 1.41. The van der Waals surface area contributed by atoms with Crippen LogP contribution in [0.3, 0.4) is 0 Å². The number of hydrogen-bond acceptors (Lipinski definition) is 6. The number of carbonyl (C=O) groups excluding carboxylic acids is 1. The zero-order chi connectivity index (χ0) is 24.5. The summed E-state index contributed by atoms with van der Waals surface area (Å²) in [6.07, 6.45) is 1.74. The predicted molar refractivity (Wildman–Crippen MR) is 138 cm³/mol. The first-order chi connectivity index (χ1) is 16.2. The molecule has 0 atom stereocenters. The van der Waals surface area contributed by atoms with Gasteiger partial charge in [-0.05, 0) is 55.7 Å². The zero-order valence-corrected chi connectivity index (χ0v) is 21.9. The molecule has 0 unspecified atom stereocenters. The lowest BCUT2D eigenvalue weighted by atomic mass is 10.1. The maximum atomic E-state index is 13.0. The van der Waals surface area contributed by atoms with Gasteiger partial charge in [-0.25, -0.2) is 17.7 Å². The number of hydrogen-bond donors (Lipinski definition) is 0. The lowest BCUT2D eigenvalue weighted by Gasteiger charge is -2.34. The topological polar surface area (TPSA) is 73.8 Å². The lowest BCUT2D eigenvalue weighted by molar-refractivity contribution is 0.0746. The first-order valence-electron chi connectivity index (χ1n) is 11.7. The summed E-state index contributed by atoms with van der Waals surface area (Å²) >= 11 is 1.71. The first-order valence-corrected chi connectivity index (χ1v) is 14.0. The molecule has 1 aliphatic heterocycles. The average Bonchev–Trinajstić information content (AvgIpc) is 3.31. The van der Waals surface area contributed by atoms with E-state index in [-0.39, 0.29) is 10.8 Å². The van der Waals surface area contributed by atoms with Crippen LogP contribution in [0.25, 0.3) is 10.2 Å². The van der Waals surface area contributed by atoms with Gasteiger partial charge in [0.2, 0.25) is 10.0 Å². The van der Waals surface area contributed by atoms with Gasteiger partial charge >= 0.3 is 0 Å². The van der Waals surface area contributed by atoms with Crippen LogP contribution in [-0.4, -0.2) is 68.3 Å². The maximum Gasteiger partial charge on any atom is 0.253 e. The van der Waals surface area contributed by atoms with Crippen LogP contribution in [-0.2, 0) is 10.0 Å². The van der Waals surface area contributed by atoms with E-state index in [0.717, 1.165) is 36.6 Å². The van der Waals surface area contributed by atoms with E-state index in [2.05, 4.69) is 30.9 Å². The van der Waals surface area contributed by atoms with Crippen LogP contribution in [0.5, 0.6) is 0 Å². The highest BCUT2D eigenvalue weighted by atomic mass is 32.2. The standard InChI is InChI=1S/C25H32N4O3S2/c1-5-6-13-27(4)34(31,32)21-11-9-20(10-12-21)24(30)28-14-16-29(17-15-28)25-26-22-18(2)7-8-19(3)23(22)33-25/h7-12H,5-6,13-17H2,1-4H3. The fourth-order valence-electron chi connectivity index (χ4n) is 4.12. The van der Waals surface area contributed by atoms with Crippen LogP contribution in [0.4, 0.5) is 5.13 Å². The summed E-state index contributed by atoms with van der Waals surface area (Å²) in [4.78, 5) is 22.2. The third-order valence-corrected chi connectivity index (χ3v) is 9.53. The monoisotopic (exact) mass is 500 g/mol. The number of anilines is 1. The number of piperazine rings is 1. The van der Waals surface area contributed by atoms with Gasteiger partial charge in [0, 0.05) is 45.3 Å². The van der Waals surface area contributed by atoms with Gasteiger partial charge in [-0.2, -0.15) is 0 Å². The van der Waals surface area contributed by atoms with Crippen LogP contribution < -0.4 is 4.90 Å². The maximum absolute atomic E-state index is 13.0. The minimum absolute atomic E-state index is 0.0704. The van der Waals surface area contributed by atoms with Crippen LogP contribution in [0.1, 0.15) is 41.3 Å². The summed E-state index contributed by atoms with van der Waals surface area (Å²) in [5.41, 5.74) is 3.99. The van der Waals surface area contributed by atoms with Gasteiger partial charge in [0.05, 0.1) is 15.1 Å². The fourth-order valence-corrected chi connectivity index (χ4v) is 6.49. The van der Waals surface area contributed by atoms with E-state index >= 15 is 0 Å². The SMILES string of the molecule is CCCCN(C)S(=O)(=O)c1ccc(C(=O)N2CCN(c3nc4c(C)ccc(C)c4s3)CC2)cc1. The normalized spacial score (nSPS) is 14.9. The van der Waals surface area contributed by atoms with Gasteiger partial charge in [0.25, 0.3) is 5.91 Å². The Labute approximate surface area is 206 Å². The van der Waals surface area contributed by atoms with Crippen molar-refractivity contribution in [1.82, 2.24) is 14.2 Å².